The number of rotatable bonds is 5. The fraction of sp³-hybridized carbons (Fsp3) is 0.429. The maximum Gasteiger partial charge on any atom is 0.244 e. The van der Waals surface area contributed by atoms with E-state index in [-0.39, 0.29) is 24.2 Å². The van der Waals surface area contributed by atoms with Crippen molar-refractivity contribution in [2.75, 3.05) is 10.6 Å². The fourth-order valence-corrected chi connectivity index (χ4v) is 2.02. The van der Waals surface area contributed by atoms with Crippen molar-refractivity contribution < 1.29 is 9.59 Å². The van der Waals surface area contributed by atoms with Gasteiger partial charge in [-0.3, -0.25) is 9.59 Å². The van der Waals surface area contributed by atoms with Crippen LogP contribution in [0.3, 0.4) is 0 Å². The lowest BCUT2D eigenvalue weighted by Gasteiger charge is -2.23. The lowest BCUT2D eigenvalue weighted by molar-refractivity contribution is -0.120. The van der Waals surface area contributed by atoms with Gasteiger partial charge in [-0.1, -0.05) is 24.9 Å². The van der Waals surface area contributed by atoms with Crippen LogP contribution in [0, 0.1) is 0 Å². The van der Waals surface area contributed by atoms with E-state index in [0.29, 0.717) is 22.8 Å². The van der Waals surface area contributed by atoms with Crippen molar-refractivity contribution in [1.29, 1.82) is 0 Å². The summed E-state index contributed by atoms with van der Waals surface area (Å²) < 4.78 is 0. The highest BCUT2D eigenvalue weighted by Gasteiger charge is 2.27. The van der Waals surface area contributed by atoms with E-state index in [0.717, 1.165) is 6.42 Å². The predicted octanol–water partition coefficient (Wildman–Crippen LogP) is 3.18. The van der Waals surface area contributed by atoms with Crippen LogP contribution in [0.15, 0.2) is 18.2 Å². The molecule has 0 aliphatic heterocycles. The third-order valence-corrected chi connectivity index (χ3v) is 3.14. The molecule has 0 spiro atoms. The predicted molar refractivity (Wildman–Crippen MR) is 89.1 cm³/mol. The van der Waals surface area contributed by atoms with Gasteiger partial charge >= 0.3 is 0 Å². The molecule has 1 aromatic carbocycles. The summed E-state index contributed by atoms with van der Waals surface area (Å²) in [7, 11) is 0. The Morgan fingerprint density at radius 1 is 1.33 bits per heavy atom. The standard InChI is InChI=1S/C14H20ClN3O2.ClH/c1-4-7-14(3,16)13(20)18-10-5-6-12(11(15)8-10)17-9(2)19;/h5-6,8H,4,7,16H2,1-3H3,(H,17,19)(H,18,20);1H. The Kier molecular flexibility index (Phi) is 7.71. The Labute approximate surface area is 136 Å². The Morgan fingerprint density at radius 3 is 2.43 bits per heavy atom. The molecule has 21 heavy (non-hydrogen) atoms. The number of hydrogen-bond acceptors (Lipinski definition) is 3. The van der Waals surface area contributed by atoms with Gasteiger partial charge in [-0.15, -0.1) is 12.4 Å². The zero-order valence-electron chi connectivity index (χ0n) is 12.3. The topological polar surface area (TPSA) is 84.2 Å². The number of hydrogen-bond donors (Lipinski definition) is 3. The van der Waals surface area contributed by atoms with Gasteiger partial charge < -0.3 is 16.4 Å². The van der Waals surface area contributed by atoms with Crippen molar-refractivity contribution in [3.8, 4) is 0 Å². The fourth-order valence-electron chi connectivity index (χ4n) is 1.79. The number of benzene rings is 1. The molecule has 7 heteroatoms. The van der Waals surface area contributed by atoms with E-state index in [1.165, 1.54) is 6.92 Å². The van der Waals surface area contributed by atoms with Crippen LogP contribution in [0.5, 0.6) is 0 Å². The second-order valence-corrected chi connectivity index (χ2v) is 5.40. The molecule has 118 valence electrons. The van der Waals surface area contributed by atoms with E-state index in [1.54, 1.807) is 25.1 Å². The van der Waals surface area contributed by atoms with Crippen LogP contribution in [0.4, 0.5) is 11.4 Å². The summed E-state index contributed by atoms with van der Waals surface area (Å²) in [5.41, 5.74) is 6.08. The highest BCUT2D eigenvalue weighted by molar-refractivity contribution is 6.34. The Hall–Kier alpha value is -1.30. The minimum absolute atomic E-state index is 0. The van der Waals surface area contributed by atoms with Gasteiger partial charge in [-0.05, 0) is 31.5 Å². The monoisotopic (exact) mass is 333 g/mol. The van der Waals surface area contributed by atoms with Gasteiger partial charge in [0, 0.05) is 12.6 Å². The molecule has 0 radical (unpaired) electrons. The first kappa shape index (κ1) is 19.7. The van der Waals surface area contributed by atoms with Crippen LogP contribution >= 0.6 is 24.0 Å². The molecule has 0 aromatic heterocycles. The molecule has 0 aliphatic carbocycles. The average Bonchev–Trinajstić information content (AvgIpc) is 2.32. The van der Waals surface area contributed by atoms with E-state index in [9.17, 15) is 9.59 Å². The number of carbonyl (C=O) groups is 2. The van der Waals surface area contributed by atoms with Crippen molar-refractivity contribution in [2.24, 2.45) is 5.73 Å². The lowest BCUT2D eigenvalue weighted by Crippen LogP contribution is -2.48. The molecule has 0 aliphatic rings. The molecule has 1 rings (SSSR count). The number of nitrogens with one attached hydrogen (secondary N) is 2. The van der Waals surface area contributed by atoms with E-state index < -0.39 is 5.54 Å². The summed E-state index contributed by atoms with van der Waals surface area (Å²) in [6.07, 6.45) is 1.42. The smallest absolute Gasteiger partial charge is 0.244 e. The first-order valence-corrected chi connectivity index (χ1v) is 6.81. The Balaban J connectivity index is 0.00000400. The molecule has 0 fully saturated rings. The lowest BCUT2D eigenvalue weighted by atomic mass is 9.96. The highest BCUT2D eigenvalue weighted by atomic mass is 35.5. The second-order valence-electron chi connectivity index (χ2n) is 5.00. The largest absolute Gasteiger partial charge is 0.325 e. The third kappa shape index (κ3) is 5.91. The van der Waals surface area contributed by atoms with Gasteiger partial charge in [0.25, 0.3) is 0 Å². The molecule has 0 heterocycles. The SMILES string of the molecule is CCCC(C)(N)C(=O)Nc1ccc(NC(C)=O)c(Cl)c1.Cl. The summed E-state index contributed by atoms with van der Waals surface area (Å²) >= 11 is 6.04. The Bertz CT molecular complexity index is 519. The minimum atomic E-state index is -0.919. The summed E-state index contributed by atoms with van der Waals surface area (Å²) in [6.45, 7) is 5.06. The molecule has 4 N–H and O–H groups in total. The number of carbonyl (C=O) groups excluding carboxylic acids is 2. The molecule has 0 saturated carbocycles. The summed E-state index contributed by atoms with van der Waals surface area (Å²) in [5.74, 6) is -0.469. The van der Waals surface area contributed by atoms with Crippen LogP contribution in [0.2, 0.25) is 5.02 Å². The summed E-state index contributed by atoms with van der Waals surface area (Å²) in [5, 5.41) is 5.68. The van der Waals surface area contributed by atoms with Crippen molar-refractivity contribution in [3.63, 3.8) is 0 Å². The third-order valence-electron chi connectivity index (χ3n) is 2.83. The molecule has 0 saturated heterocycles. The second kappa shape index (κ2) is 8.22. The number of anilines is 2. The molecule has 0 bridgehead atoms. The van der Waals surface area contributed by atoms with E-state index in [4.69, 9.17) is 17.3 Å². The average molecular weight is 334 g/mol. The molecular weight excluding hydrogens is 313 g/mol. The first-order chi connectivity index (χ1) is 9.26. The minimum Gasteiger partial charge on any atom is -0.325 e. The summed E-state index contributed by atoms with van der Waals surface area (Å²) in [4.78, 5) is 23.0. The van der Waals surface area contributed by atoms with Crippen molar-refractivity contribution >= 4 is 47.2 Å². The summed E-state index contributed by atoms with van der Waals surface area (Å²) in [6, 6.07) is 4.87. The zero-order valence-corrected chi connectivity index (χ0v) is 13.9. The van der Waals surface area contributed by atoms with E-state index >= 15 is 0 Å². The van der Waals surface area contributed by atoms with Crippen LogP contribution in [0.25, 0.3) is 0 Å². The Morgan fingerprint density at radius 2 is 1.95 bits per heavy atom. The molecule has 1 atom stereocenters. The maximum absolute atomic E-state index is 12.0. The van der Waals surface area contributed by atoms with Gasteiger partial charge in [-0.2, -0.15) is 0 Å². The van der Waals surface area contributed by atoms with Crippen LogP contribution in [0.1, 0.15) is 33.6 Å². The highest BCUT2D eigenvalue weighted by Crippen LogP contribution is 2.26. The van der Waals surface area contributed by atoms with Crippen LogP contribution in [-0.4, -0.2) is 17.4 Å². The van der Waals surface area contributed by atoms with Crippen molar-refractivity contribution in [3.05, 3.63) is 23.2 Å². The zero-order chi connectivity index (χ0) is 15.3. The maximum atomic E-state index is 12.0. The number of halogens is 2. The van der Waals surface area contributed by atoms with Gasteiger partial charge in [-0.25, -0.2) is 0 Å². The van der Waals surface area contributed by atoms with E-state index in [2.05, 4.69) is 10.6 Å². The molecule has 5 nitrogen and oxygen atoms in total. The molecular formula is C14H21Cl2N3O2. The van der Waals surface area contributed by atoms with E-state index in [1.807, 2.05) is 6.92 Å². The number of amides is 2. The van der Waals surface area contributed by atoms with Crippen molar-refractivity contribution in [1.82, 2.24) is 0 Å². The van der Waals surface area contributed by atoms with Crippen LogP contribution in [-0.2, 0) is 9.59 Å². The molecule has 2 amide bonds. The molecule has 1 aromatic rings. The van der Waals surface area contributed by atoms with Gasteiger partial charge in [0.05, 0.1) is 16.2 Å². The first-order valence-electron chi connectivity index (χ1n) is 6.43. The number of nitrogens with two attached hydrogens (primary N) is 1. The van der Waals surface area contributed by atoms with Crippen LogP contribution < -0.4 is 16.4 Å². The van der Waals surface area contributed by atoms with Gasteiger partial charge in [0.1, 0.15) is 0 Å². The van der Waals surface area contributed by atoms with Crippen molar-refractivity contribution in [2.45, 2.75) is 39.2 Å². The molecule has 1 unspecified atom stereocenters. The van der Waals surface area contributed by atoms with Gasteiger partial charge in [0.15, 0.2) is 0 Å². The normalized spacial score (nSPS) is 12.8. The quantitative estimate of drug-likeness (QED) is 0.773. The van der Waals surface area contributed by atoms with Gasteiger partial charge in [0.2, 0.25) is 11.8 Å².